The normalized spacial score (nSPS) is 1.50. The SMILES string of the molecule is ClBr.[CsH].[Cu]. The third-order valence-corrected chi connectivity index (χ3v) is 0. The van der Waals surface area contributed by atoms with Crippen LogP contribution in [0, 0.1) is 0 Å². The van der Waals surface area contributed by atoms with Crippen LogP contribution < -0.4 is 0 Å². The fourth-order valence-corrected chi connectivity index (χ4v) is 0. The van der Waals surface area contributed by atoms with Gasteiger partial charge in [0.05, 0.1) is 0 Å². The summed E-state index contributed by atoms with van der Waals surface area (Å²) >= 11 is 2.41. The van der Waals surface area contributed by atoms with Crippen LogP contribution in [0.15, 0.2) is 0 Å². The second kappa shape index (κ2) is 16.2. The molecule has 1 radical (unpaired) electrons. The summed E-state index contributed by atoms with van der Waals surface area (Å²) in [6.07, 6.45) is 0. The van der Waals surface area contributed by atoms with Gasteiger partial charge >= 0.3 is 68.9 Å². The molecule has 0 spiro atoms. The molecule has 0 atom stereocenters. The summed E-state index contributed by atoms with van der Waals surface area (Å²) in [6, 6.07) is 0. The molecule has 0 aliphatic carbocycles. The minimum absolute atomic E-state index is 0. The van der Waals surface area contributed by atoms with Crippen LogP contribution in [0.4, 0.5) is 0 Å². The Labute approximate surface area is 108 Å². The minimum atomic E-state index is 0. The van der Waals surface area contributed by atoms with Crippen LogP contribution in [0.5, 0.6) is 0 Å². The molecule has 0 saturated heterocycles. The number of hydrogen-bond acceptors (Lipinski definition) is 0. The molecule has 0 saturated carbocycles. The van der Waals surface area contributed by atoms with E-state index in [1.54, 1.807) is 0 Å². The predicted molar refractivity (Wildman–Crippen MR) is 21.9 cm³/mol. The Morgan fingerprint density at radius 1 is 1.25 bits per heavy atom. The maximum Gasteiger partial charge on any atom is 0 e. The Kier molecular flexibility index (Phi) is 63.5. The first-order chi connectivity index (χ1) is 1.00. The first-order valence-electron chi connectivity index (χ1n) is 0.143. The Bertz CT molecular complexity index is 8.00. The fraction of sp³-hybridized carbons (Fsp3) is 0. The molecule has 0 heterocycles. The van der Waals surface area contributed by atoms with E-state index in [-0.39, 0.29) is 86.0 Å². The molecule has 0 aromatic heterocycles. The smallest absolute Gasteiger partial charge is 0 e. The molecule has 0 aliphatic heterocycles. The van der Waals surface area contributed by atoms with E-state index in [1.807, 2.05) is 0 Å². The average Bonchev–Trinajstić information content (AvgIpc) is 1.00. The van der Waals surface area contributed by atoms with Crippen molar-refractivity contribution < 1.29 is 17.1 Å². The molecule has 0 aliphatic rings. The van der Waals surface area contributed by atoms with Gasteiger partial charge in [0.2, 0.25) is 0 Å². The molecule has 0 aromatic carbocycles. The van der Waals surface area contributed by atoms with Crippen LogP contribution in [0.3, 0.4) is 0 Å². The van der Waals surface area contributed by atoms with E-state index in [1.165, 1.54) is 0 Å². The topological polar surface area (TPSA) is 0 Å². The average molecular weight is 313 g/mol. The summed E-state index contributed by atoms with van der Waals surface area (Å²) in [5, 5.41) is 0. The summed E-state index contributed by atoms with van der Waals surface area (Å²) in [6.45, 7) is 0. The first-order valence-corrected chi connectivity index (χ1v) is 2.23. The van der Waals surface area contributed by atoms with Gasteiger partial charge in [-0.1, -0.05) is 0 Å². The van der Waals surface area contributed by atoms with Crippen molar-refractivity contribution in [2.45, 2.75) is 0 Å². The van der Waals surface area contributed by atoms with E-state index in [0.29, 0.717) is 0 Å². The molecule has 0 nitrogen and oxygen atoms in total. The van der Waals surface area contributed by atoms with Gasteiger partial charge in [-0.3, -0.25) is 0 Å². The van der Waals surface area contributed by atoms with Crippen molar-refractivity contribution in [2.75, 3.05) is 0 Å². The molecule has 0 N–H and O–H groups in total. The molecule has 4 heteroatoms. The molecule has 0 amide bonds. The molecule has 0 bridgehead atoms. The zero-order chi connectivity index (χ0) is 2.00. The van der Waals surface area contributed by atoms with Crippen molar-refractivity contribution in [3.63, 3.8) is 0 Å². The van der Waals surface area contributed by atoms with Gasteiger partial charge < -0.3 is 0 Å². The van der Waals surface area contributed by atoms with Crippen LogP contribution in [0.2, 0.25) is 0 Å². The van der Waals surface area contributed by atoms with Gasteiger partial charge in [0, 0.05) is 32.1 Å². The Balaban J connectivity index is -0.00000000500. The standard InChI is InChI=1S/BrCl.Cs.Cu.H/c1-2;;;. The summed E-state index contributed by atoms with van der Waals surface area (Å²) < 4.78 is 0. The molecule has 0 fully saturated rings. The Morgan fingerprint density at radius 3 is 1.25 bits per heavy atom. The molecule has 27 valence electrons. The molecule has 0 aromatic rings. The zero-order valence-corrected chi connectivity index (χ0v) is 4.34. The second-order valence-electron chi connectivity index (χ2n) is 0. The van der Waals surface area contributed by atoms with Gasteiger partial charge in [-0.25, -0.2) is 0 Å². The number of halogens is 2. The van der Waals surface area contributed by atoms with Crippen LogP contribution in [-0.2, 0) is 17.1 Å². The maximum absolute atomic E-state index is 4.45. The fourth-order valence-electron chi connectivity index (χ4n) is 0. The van der Waals surface area contributed by atoms with Crippen molar-refractivity contribution in [3.05, 3.63) is 0 Å². The Morgan fingerprint density at radius 2 is 1.25 bits per heavy atom. The van der Waals surface area contributed by atoms with Gasteiger partial charge in [-0.15, -0.1) is 0 Å². The van der Waals surface area contributed by atoms with E-state index >= 15 is 0 Å². The van der Waals surface area contributed by atoms with Crippen molar-refractivity contribution in [2.24, 2.45) is 0 Å². The van der Waals surface area contributed by atoms with E-state index < -0.39 is 0 Å². The quantitative estimate of drug-likeness (QED) is 0.583. The van der Waals surface area contributed by atoms with E-state index in [2.05, 4.69) is 25.1 Å². The van der Waals surface area contributed by atoms with E-state index in [9.17, 15) is 0 Å². The van der Waals surface area contributed by atoms with Gasteiger partial charge in [-0.05, 0) is 10.1 Å². The summed E-state index contributed by atoms with van der Waals surface area (Å²) in [5.41, 5.74) is 0. The van der Waals surface area contributed by atoms with Crippen LogP contribution in [0.25, 0.3) is 0 Å². The van der Waals surface area contributed by atoms with Gasteiger partial charge in [-0.2, -0.15) is 0 Å². The van der Waals surface area contributed by atoms with Crippen molar-refractivity contribution in [1.82, 2.24) is 0 Å². The van der Waals surface area contributed by atoms with Crippen LogP contribution >= 0.6 is 25.1 Å². The molecule has 0 unspecified atom stereocenters. The first kappa shape index (κ1) is 15.7. The van der Waals surface area contributed by atoms with Gasteiger partial charge in [0.25, 0.3) is 0 Å². The monoisotopic (exact) mass is 311 g/mol. The Hall–Kier alpha value is 3.34. The number of hydrogen-bond donors (Lipinski definition) is 0. The van der Waals surface area contributed by atoms with Gasteiger partial charge in [0.15, 0.2) is 0 Å². The maximum atomic E-state index is 4.45. The van der Waals surface area contributed by atoms with Gasteiger partial charge in [0.1, 0.15) is 0 Å². The molecular weight excluding hydrogens is 312 g/mol. The summed E-state index contributed by atoms with van der Waals surface area (Å²) in [4.78, 5) is 0. The summed E-state index contributed by atoms with van der Waals surface area (Å²) in [7, 11) is 4.45. The van der Waals surface area contributed by atoms with E-state index in [4.69, 9.17) is 0 Å². The zero-order valence-electron chi connectivity index (χ0n) is 1.06. The largest absolute Gasteiger partial charge is 0 e. The van der Waals surface area contributed by atoms with Crippen molar-refractivity contribution in [3.8, 4) is 0 Å². The van der Waals surface area contributed by atoms with Crippen molar-refractivity contribution in [1.29, 1.82) is 0 Å². The molecule has 4 heavy (non-hydrogen) atoms. The molecule has 0 rings (SSSR count). The number of rotatable bonds is 0. The third-order valence-electron chi connectivity index (χ3n) is 0. The van der Waals surface area contributed by atoms with Crippen molar-refractivity contribution >= 4 is 94.0 Å². The summed E-state index contributed by atoms with van der Waals surface area (Å²) in [5.74, 6) is 0. The predicted octanol–water partition coefficient (Wildman–Crippen LogP) is 0.884. The molecular formula is HBrClCsCu. The van der Waals surface area contributed by atoms with Crippen LogP contribution in [-0.4, -0.2) is 68.9 Å². The van der Waals surface area contributed by atoms with Crippen LogP contribution in [0.1, 0.15) is 0 Å². The van der Waals surface area contributed by atoms with E-state index in [0.717, 1.165) is 0 Å². The second-order valence-corrected chi connectivity index (χ2v) is 0. The third kappa shape index (κ3) is 9.02. The minimum Gasteiger partial charge on any atom is 0 e.